The molecule has 5 heteroatoms. The Labute approximate surface area is 109 Å². The fraction of sp³-hybridized carbons (Fsp3) is 0.769. The Kier molecular flexibility index (Phi) is 4.37. The lowest BCUT2D eigenvalue weighted by Gasteiger charge is -2.40. The number of rotatable bonds is 4. The number of imidazole rings is 1. The van der Waals surface area contributed by atoms with E-state index in [2.05, 4.69) is 21.4 Å². The molecule has 0 aliphatic carbocycles. The minimum absolute atomic E-state index is 0.239. The van der Waals surface area contributed by atoms with Crippen LogP contribution >= 0.6 is 0 Å². The molecule has 0 spiro atoms. The molecule has 0 radical (unpaired) electrons. The first-order valence-electron chi connectivity index (χ1n) is 6.60. The van der Waals surface area contributed by atoms with Crippen LogP contribution in [0.3, 0.4) is 0 Å². The van der Waals surface area contributed by atoms with Gasteiger partial charge in [0, 0.05) is 33.4 Å². The van der Waals surface area contributed by atoms with E-state index >= 15 is 0 Å². The van der Waals surface area contributed by atoms with Crippen LogP contribution in [0.1, 0.15) is 25.1 Å². The quantitative estimate of drug-likeness (QED) is 0.860. The summed E-state index contributed by atoms with van der Waals surface area (Å²) in [5.74, 6) is 0.621. The maximum atomic E-state index is 5.96. The lowest BCUT2D eigenvalue weighted by atomic mass is 9.94. The minimum atomic E-state index is 0.239. The van der Waals surface area contributed by atoms with Crippen molar-refractivity contribution in [2.75, 3.05) is 26.7 Å². The van der Waals surface area contributed by atoms with E-state index in [1.807, 2.05) is 19.6 Å². The zero-order chi connectivity index (χ0) is 13.1. The average Bonchev–Trinajstić information content (AvgIpc) is 2.79. The zero-order valence-electron chi connectivity index (χ0n) is 11.5. The molecule has 2 heterocycles. The third kappa shape index (κ3) is 2.58. The maximum absolute atomic E-state index is 5.96. The normalized spacial score (nSPS) is 27.3. The number of nitrogens with two attached hydrogens (primary N) is 1. The summed E-state index contributed by atoms with van der Waals surface area (Å²) in [6.45, 7) is 4.90. The molecule has 2 N–H and O–H groups in total. The summed E-state index contributed by atoms with van der Waals surface area (Å²) in [5.41, 5.74) is 7.14. The molecular formula is C13H24N4O. The van der Waals surface area contributed by atoms with Gasteiger partial charge in [-0.1, -0.05) is 6.92 Å². The Balaban J connectivity index is 2.12. The van der Waals surface area contributed by atoms with Crippen molar-refractivity contribution in [1.82, 2.24) is 14.5 Å². The van der Waals surface area contributed by atoms with Crippen LogP contribution in [0.2, 0.25) is 0 Å². The molecule has 102 valence electrons. The fourth-order valence-electron chi connectivity index (χ4n) is 2.79. The minimum Gasteiger partial charge on any atom is -0.380 e. The van der Waals surface area contributed by atoms with Gasteiger partial charge in [-0.05, 0) is 18.9 Å². The second-order valence-corrected chi connectivity index (χ2v) is 5.22. The molecule has 3 atom stereocenters. The van der Waals surface area contributed by atoms with Crippen molar-refractivity contribution in [3.8, 4) is 0 Å². The molecule has 3 unspecified atom stereocenters. The lowest BCUT2D eigenvalue weighted by molar-refractivity contribution is -0.0192. The second kappa shape index (κ2) is 5.82. The monoisotopic (exact) mass is 252 g/mol. The standard InChI is InChI=1S/C13H24N4O/c1-10-4-5-17(8-13(10)18-3)11(6-14)12-7-15-9-16(12)2/h7,9-11,13H,4-6,8,14H2,1-3H3. The number of aryl methyl sites for hydroxylation is 1. The van der Waals surface area contributed by atoms with Gasteiger partial charge in [-0.25, -0.2) is 4.98 Å². The summed E-state index contributed by atoms with van der Waals surface area (Å²) >= 11 is 0. The molecular weight excluding hydrogens is 228 g/mol. The van der Waals surface area contributed by atoms with E-state index in [0.717, 1.165) is 19.5 Å². The van der Waals surface area contributed by atoms with Crippen LogP contribution in [0.25, 0.3) is 0 Å². The lowest BCUT2D eigenvalue weighted by Crippen LogP contribution is -2.47. The van der Waals surface area contributed by atoms with Crippen molar-refractivity contribution in [3.63, 3.8) is 0 Å². The third-order valence-electron chi connectivity index (χ3n) is 4.08. The number of likely N-dealkylation sites (tertiary alicyclic amines) is 1. The van der Waals surface area contributed by atoms with Crippen molar-refractivity contribution in [2.24, 2.45) is 18.7 Å². The number of methoxy groups -OCH3 is 1. The van der Waals surface area contributed by atoms with Gasteiger partial charge in [0.2, 0.25) is 0 Å². The molecule has 1 aromatic heterocycles. The highest BCUT2D eigenvalue weighted by atomic mass is 16.5. The molecule has 1 fully saturated rings. The summed E-state index contributed by atoms with van der Waals surface area (Å²) in [7, 11) is 3.82. The topological polar surface area (TPSA) is 56.3 Å². The average molecular weight is 252 g/mol. The van der Waals surface area contributed by atoms with Gasteiger partial charge < -0.3 is 15.0 Å². The van der Waals surface area contributed by atoms with Gasteiger partial charge in [0.25, 0.3) is 0 Å². The summed E-state index contributed by atoms with van der Waals surface area (Å²) in [6.07, 6.45) is 5.21. The van der Waals surface area contributed by atoms with E-state index in [-0.39, 0.29) is 6.04 Å². The van der Waals surface area contributed by atoms with Crippen molar-refractivity contribution in [1.29, 1.82) is 0 Å². The highest BCUT2D eigenvalue weighted by Gasteiger charge is 2.31. The summed E-state index contributed by atoms with van der Waals surface area (Å²) in [4.78, 5) is 6.61. The number of nitrogens with zero attached hydrogens (tertiary/aromatic N) is 3. The third-order valence-corrected chi connectivity index (χ3v) is 4.08. The van der Waals surface area contributed by atoms with Crippen molar-refractivity contribution < 1.29 is 4.74 Å². The molecule has 1 aromatic rings. The van der Waals surface area contributed by atoms with E-state index in [1.54, 1.807) is 7.11 Å². The molecule has 0 saturated carbocycles. The van der Waals surface area contributed by atoms with Gasteiger partial charge in [0.15, 0.2) is 0 Å². The summed E-state index contributed by atoms with van der Waals surface area (Å²) < 4.78 is 7.62. The molecule has 1 aliphatic rings. The van der Waals surface area contributed by atoms with Crippen LogP contribution in [0.5, 0.6) is 0 Å². The van der Waals surface area contributed by atoms with Crippen LogP contribution in [0.4, 0.5) is 0 Å². The van der Waals surface area contributed by atoms with Crippen LogP contribution in [0.15, 0.2) is 12.5 Å². The van der Waals surface area contributed by atoms with Crippen LogP contribution in [-0.2, 0) is 11.8 Å². The molecule has 1 saturated heterocycles. The summed E-state index contributed by atoms with van der Waals surface area (Å²) in [5, 5.41) is 0. The molecule has 0 aromatic carbocycles. The smallest absolute Gasteiger partial charge is 0.0946 e. The molecule has 18 heavy (non-hydrogen) atoms. The largest absolute Gasteiger partial charge is 0.380 e. The molecule has 5 nitrogen and oxygen atoms in total. The van der Waals surface area contributed by atoms with Gasteiger partial charge in [0.05, 0.1) is 24.2 Å². The van der Waals surface area contributed by atoms with Crippen LogP contribution in [0, 0.1) is 5.92 Å². The number of ether oxygens (including phenoxy) is 1. The highest BCUT2D eigenvalue weighted by Crippen LogP contribution is 2.27. The Morgan fingerprint density at radius 1 is 1.61 bits per heavy atom. The van der Waals surface area contributed by atoms with Gasteiger partial charge in [-0.2, -0.15) is 0 Å². The second-order valence-electron chi connectivity index (χ2n) is 5.22. The Morgan fingerprint density at radius 3 is 2.94 bits per heavy atom. The number of piperidine rings is 1. The molecule has 0 amide bonds. The van der Waals surface area contributed by atoms with E-state index in [9.17, 15) is 0 Å². The van der Waals surface area contributed by atoms with E-state index in [0.29, 0.717) is 18.6 Å². The van der Waals surface area contributed by atoms with E-state index in [4.69, 9.17) is 10.5 Å². The number of hydrogen-bond donors (Lipinski definition) is 1. The van der Waals surface area contributed by atoms with Gasteiger partial charge >= 0.3 is 0 Å². The van der Waals surface area contributed by atoms with Crippen LogP contribution in [-0.4, -0.2) is 47.3 Å². The highest BCUT2D eigenvalue weighted by molar-refractivity contribution is 5.06. The molecule has 0 bridgehead atoms. The first-order valence-corrected chi connectivity index (χ1v) is 6.60. The van der Waals surface area contributed by atoms with Crippen molar-refractivity contribution in [3.05, 3.63) is 18.2 Å². The maximum Gasteiger partial charge on any atom is 0.0946 e. The first-order chi connectivity index (χ1) is 8.67. The number of hydrogen-bond acceptors (Lipinski definition) is 4. The first kappa shape index (κ1) is 13.5. The molecule has 2 rings (SSSR count). The van der Waals surface area contributed by atoms with Gasteiger partial charge in [-0.3, -0.25) is 4.90 Å². The van der Waals surface area contributed by atoms with Crippen molar-refractivity contribution in [2.45, 2.75) is 25.5 Å². The predicted molar refractivity (Wildman–Crippen MR) is 71.2 cm³/mol. The number of aromatic nitrogens is 2. The fourth-order valence-corrected chi connectivity index (χ4v) is 2.79. The summed E-state index contributed by atoms with van der Waals surface area (Å²) in [6, 6.07) is 0.239. The van der Waals surface area contributed by atoms with Gasteiger partial charge in [-0.15, -0.1) is 0 Å². The zero-order valence-corrected chi connectivity index (χ0v) is 11.5. The Hall–Kier alpha value is -0.910. The Bertz CT molecular complexity index is 379. The van der Waals surface area contributed by atoms with Crippen molar-refractivity contribution >= 4 is 0 Å². The predicted octanol–water partition coefficient (Wildman–Crippen LogP) is 0.777. The van der Waals surface area contributed by atoms with Crippen LogP contribution < -0.4 is 5.73 Å². The SMILES string of the molecule is COC1CN(C(CN)c2cncn2C)CCC1C. The van der Waals surface area contributed by atoms with E-state index in [1.165, 1.54) is 5.69 Å². The Morgan fingerprint density at radius 2 is 2.39 bits per heavy atom. The molecule has 1 aliphatic heterocycles. The van der Waals surface area contributed by atoms with Gasteiger partial charge in [0.1, 0.15) is 0 Å². The van der Waals surface area contributed by atoms with E-state index < -0.39 is 0 Å².